The topological polar surface area (TPSA) is 77.8 Å². The van der Waals surface area contributed by atoms with Gasteiger partial charge in [-0.3, -0.25) is 0 Å². The third-order valence-electron chi connectivity index (χ3n) is 3.73. The molecule has 7 heteroatoms. The van der Waals surface area contributed by atoms with Crippen LogP contribution in [0.25, 0.3) is 16.9 Å². The highest BCUT2D eigenvalue weighted by atomic mass is 16.5. The van der Waals surface area contributed by atoms with E-state index in [2.05, 4.69) is 25.4 Å². The van der Waals surface area contributed by atoms with Crippen molar-refractivity contribution in [1.82, 2.24) is 24.7 Å². The molecule has 25 heavy (non-hydrogen) atoms. The highest BCUT2D eigenvalue weighted by molar-refractivity contribution is 5.88. The highest BCUT2D eigenvalue weighted by Crippen LogP contribution is 2.24. The third-order valence-corrected chi connectivity index (χ3v) is 3.73. The van der Waals surface area contributed by atoms with Gasteiger partial charge in [0.05, 0.1) is 18.2 Å². The Kier molecular flexibility index (Phi) is 4.05. The number of pyridine rings is 1. The van der Waals surface area contributed by atoms with Crippen molar-refractivity contribution in [3.05, 3.63) is 66.7 Å². The minimum atomic E-state index is 0.562. The van der Waals surface area contributed by atoms with Crippen LogP contribution in [0.4, 0.5) is 11.5 Å². The molecule has 0 fully saturated rings. The molecule has 1 N–H and O–H groups in total. The summed E-state index contributed by atoms with van der Waals surface area (Å²) in [6.07, 6.45) is 4.99. The van der Waals surface area contributed by atoms with Gasteiger partial charge in [0.1, 0.15) is 12.1 Å². The summed E-state index contributed by atoms with van der Waals surface area (Å²) in [5, 5.41) is 8.56. The first-order valence-corrected chi connectivity index (χ1v) is 7.80. The van der Waals surface area contributed by atoms with Crippen molar-refractivity contribution in [2.75, 3.05) is 12.4 Å². The smallest absolute Gasteiger partial charge is 0.170 e. The normalized spacial score (nSPS) is 10.9. The summed E-state index contributed by atoms with van der Waals surface area (Å²) in [7, 11) is 1.68. The second-order valence-corrected chi connectivity index (χ2v) is 5.46. The molecular weight excluding hydrogens is 316 g/mol. The predicted octanol–water partition coefficient (Wildman–Crippen LogP) is 3.10. The maximum absolute atomic E-state index is 5.18. The van der Waals surface area contributed by atoms with Crippen LogP contribution in [0.15, 0.2) is 61.2 Å². The van der Waals surface area contributed by atoms with Gasteiger partial charge in [-0.15, -0.1) is 0 Å². The van der Waals surface area contributed by atoms with Gasteiger partial charge in [-0.1, -0.05) is 18.2 Å². The van der Waals surface area contributed by atoms with E-state index in [1.165, 1.54) is 6.33 Å². The molecule has 0 aliphatic rings. The quantitative estimate of drug-likeness (QED) is 0.605. The van der Waals surface area contributed by atoms with Crippen LogP contribution < -0.4 is 5.32 Å². The van der Waals surface area contributed by atoms with E-state index in [4.69, 9.17) is 4.74 Å². The largest absolute Gasteiger partial charge is 0.380 e. The molecule has 0 atom stereocenters. The van der Waals surface area contributed by atoms with E-state index < -0.39 is 0 Å². The van der Waals surface area contributed by atoms with Crippen molar-refractivity contribution in [3.8, 4) is 5.82 Å². The van der Waals surface area contributed by atoms with Gasteiger partial charge >= 0.3 is 0 Å². The van der Waals surface area contributed by atoms with Gasteiger partial charge < -0.3 is 10.1 Å². The van der Waals surface area contributed by atoms with Crippen molar-refractivity contribution < 1.29 is 4.74 Å². The second kappa shape index (κ2) is 6.66. The summed E-state index contributed by atoms with van der Waals surface area (Å²) in [4.78, 5) is 13.0. The highest BCUT2D eigenvalue weighted by Gasteiger charge is 2.12. The molecule has 0 aliphatic heterocycles. The van der Waals surface area contributed by atoms with Crippen LogP contribution in [0, 0.1) is 0 Å². The molecule has 0 saturated heterocycles. The van der Waals surface area contributed by atoms with E-state index in [0.29, 0.717) is 23.9 Å². The molecular formula is C18H16N6O. The number of hydrogen-bond acceptors (Lipinski definition) is 6. The summed E-state index contributed by atoms with van der Waals surface area (Å²) in [5.41, 5.74) is 2.71. The minimum absolute atomic E-state index is 0.562. The van der Waals surface area contributed by atoms with Crippen molar-refractivity contribution in [2.45, 2.75) is 6.61 Å². The van der Waals surface area contributed by atoms with Crippen LogP contribution in [0.5, 0.6) is 0 Å². The number of nitrogens with one attached hydrogen (secondary N) is 1. The lowest BCUT2D eigenvalue weighted by atomic mass is 10.2. The summed E-state index contributed by atoms with van der Waals surface area (Å²) < 4.78 is 6.88. The molecule has 7 nitrogen and oxygen atoms in total. The maximum atomic E-state index is 5.18. The van der Waals surface area contributed by atoms with E-state index in [1.54, 1.807) is 24.2 Å². The zero-order chi connectivity index (χ0) is 17.1. The summed E-state index contributed by atoms with van der Waals surface area (Å²) in [5.74, 6) is 1.41. The molecule has 4 rings (SSSR count). The maximum Gasteiger partial charge on any atom is 0.170 e. The van der Waals surface area contributed by atoms with Crippen molar-refractivity contribution in [2.24, 2.45) is 0 Å². The van der Waals surface area contributed by atoms with E-state index in [9.17, 15) is 0 Å². The Balaban J connectivity index is 1.72. The van der Waals surface area contributed by atoms with Gasteiger partial charge in [-0.25, -0.2) is 15.0 Å². The fourth-order valence-electron chi connectivity index (χ4n) is 2.63. The molecule has 4 aromatic rings. The van der Waals surface area contributed by atoms with E-state index in [0.717, 1.165) is 16.6 Å². The van der Waals surface area contributed by atoms with Crippen molar-refractivity contribution in [1.29, 1.82) is 0 Å². The second-order valence-electron chi connectivity index (χ2n) is 5.46. The number of hydrogen-bond donors (Lipinski definition) is 1. The van der Waals surface area contributed by atoms with Gasteiger partial charge in [-0.2, -0.15) is 9.78 Å². The van der Waals surface area contributed by atoms with Gasteiger partial charge in [0.2, 0.25) is 0 Å². The van der Waals surface area contributed by atoms with Gasteiger partial charge in [-0.05, 0) is 29.8 Å². The first kappa shape index (κ1) is 15.2. The molecule has 0 spiro atoms. The van der Waals surface area contributed by atoms with Crippen LogP contribution >= 0.6 is 0 Å². The number of anilines is 2. The van der Waals surface area contributed by atoms with Crippen LogP contribution in [0.3, 0.4) is 0 Å². The number of aromatic nitrogens is 5. The molecule has 0 radical (unpaired) electrons. The van der Waals surface area contributed by atoms with E-state index in [1.807, 2.05) is 42.5 Å². The Morgan fingerprint density at radius 1 is 1.08 bits per heavy atom. The molecule has 0 saturated carbocycles. The Morgan fingerprint density at radius 2 is 2.04 bits per heavy atom. The number of fused-ring (bicyclic) bond motifs is 1. The zero-order valence-corrected chi connectivity index (χ0v) is 13.6. The molecule has 124 valence electrons. The molecule has 0 amide bonds. The van der Waals surface area contributed by atoms with Crippen molar-refractivity contribution >= 4 is 22.5 Å². The number of ether oxygens (including phenoxy) is 1. The number of benzene rings is 1. The molecule has 0 bridgehead atoms. The first-order valence-electron chi connectivity index (χ1n) is 7.80. The number of rotatable bonds is 5. The van der Waals surface area contributed by atoms with E-state index in [-0.39, 0.29) is 0 Å². The number of methoxy groups -OCH3 is 1. The van der Waals surface area contributed by atoms with E-state index >= 15 is 0 Å². The average Bonchev–Trinajstić information content (AvgIpc) is 3.08. The van der Waals surface area contributed by atoms with Crippen LogP contribution in [0.1, 0.15) is 5.56 Å². The Labute approximate surface area is 144 Å². The molecule has 0 aliphatic carbocycles. The van der Waals surface area contributed by atoms with Gasteiger partial charge in [0, 0.05) is 19.0 Å². The first-order chi connectivity index (χ1) is 12.3. The molecule has 0 unspecified atom stereocenters. The van der Waals surface area contributed by atoms with Crippen LogP contribution in [0.2, 0.25) is 0 Å². The standard InChI is InChI=1S/C18H16N6O/c1-25-11-13-5-4-6-14(9-13)23-17-15-10-22-24(18(15)21-12-20-17)16-7-2-3-8-19-16/h2-10,12H,11H2,1H3,(H,20,21,23). The Bertz CT molecular complexity index is 999. The zero-order valence-electron chi connectivity index (χ0n) is 13.6. The lowest BCUT2D eigenvalue weighted by Crippen LogP contribution is -2.01. The molecule has 3 aromatic heterocycles. The monoisotopic (exact) mass is 332 g/mol. The van der Waals surface area contributed by atoms with Crippen molar-refractivity contribution in [3.63, 3.8) is 0 Å². The third kappa shape index (κ3) is 3.05. The fourth-order valence-corrected chi connectivity index (χ4v) is 2.63. The van der Waals surface area contributed by atoms with Crippen LogP contribution in [-0.2, 0) is 11.3 Å². The van der Waals surface area contributed by atoms with Gasteiger partial charge in [0.25, 0.3) is 0 Å². The minimum Gasteiger partial charge on any atom is -0.380 e. The summed E-state index contributed by atoms with van der Waals surface area (Å²) >= 11 is 0. The lowest BCUT2D eigenvalue weighted by molar-refractivity contribution is 0.185. The Hall–Kier alpha value is -3.32. The SMILES string of the molecule is COCc1cccc(Nc2ncnc3c2cnn3-c2ccccn2)c1. The lowest BCUT2D eigenvalue weighted by Gasteiger charge is -2.08. The van der Waals surface area contributed by atoms with Crippen LogP contribution in [-0.4, -0.2) is 31.8 Å². The number of nitrogens with zero attached hydrogens (tertiary/aromatic N) is 5. The molecule has 1 aromatic carbocycles. The summed E-state index contributed by atoms with van der Waals surface area (Å²) in [6.45, 7) is 0.562. The fraction of sp³-hybridized carbons (Fsp3) is 0.111. The van der Waals surface area contributed by atoms with Gasteiger partial charge in [0.15, 0.2) is 11.5 Å². The Morgan fingerprint density at radius 3 is 2.88 bits per heavy atom. The summed E-state index contributed by atoms with van der Waals surface area (Å²) in [6, 6.07) is 13.7. The molecule has 3 heterocycles. The average molecular weight is 332 g/mol. The predicted molar refractivity (Wildman–Crippen MR) is 94.9 cm³/mol.